The summed E-state index contributed by atoms with van der Waals surface area (Å²) >= 11 is 0. The fraction of sp³-hybridized carbons (Fsp3) is 0.562. The molecular formula is C16H22N2O. The molecule has 0 aromatic heterocycles. The fourth-order valence-electron chi connectivity index (χ4n) is 2.88. The third kappa shape index (κ3) is 2.84. The van der Waals surface area contributed by atoms with E-state index in [-0.39, 0.29) is 5.41 Å². The van der Waals surface area contributed by atoms with Gasteiger partial charge in [-0.05, 0) is 30.4 Å². The van der Waals surface area contributed by atoms with Crippen LogP contribution >= 0.6 is 0 Å². The lowest BCUT2D eigenvalue weighted by Gasteiger charge is -2.40. The molecule has 3 nitrogen and oxygen atoms in total. The Kier molecular flexibility index (Phi) is 3.99. The number of nitrogens with one attached hydrogen (secondary N) is 1. The van der Waals surface area contributed by atoms with Gasteiger partial charge >= 0.3 is 0 Å². The van der Waals surface area contributed by atoms with Crippen LogP contribution in [-0.2, 0) is 0 Å². The van der Waals surface area contributed by atoms with E-state index in [1.807, 2.05) is 18.2 Å². The Morgan fingerprint density at radius 3 is 2.79 bits per heavy atom. The number of para-hydroxylation sites is 1. The van der Waals surface area contributed by atoms with Gasteiger partial charge in [0.15, 0.2) is 0 Å². The Balaban J connectivity index is 2.30. The van der Waals surface area contributed by atoms with Crippen LogP contribution in [-0.4, -0.2) is 13.2 Å². The second kappa shape index (κ2) is 5.52. The van der Waals surface area contributed by atoms with Crippen LogP contribution in [0.25, 0.3) is 0 Å². The molecule has 0 aliphatic heterocycles. The molecule has 1 aromatic rings. The van der Waals surface area contributed by atoms with Gasteiger partial charge in [-0.3, -0.25) is 0 Å². The molecule has 1 aromatic carbocycles. The summed E-state index contributed by atoms with van der Waals surface area (Å²) in [6.07, 6.45) is 4.91. The van der Waals surface area contributed by atoms with Gasteiger partial charge in [0.25, 0.3) is 0 Å². The van der Waals surface area contributed by atoms with E-state index in [0.717, 1.165) is 17.9 Å². The Morgan fingerprint density at radius 2 is 2.16 bits per heavy atom. The molecule has 1 aliphatic carbocycles. The van der Waals surface area contributed by atoms with E-state index in [9.17, 15) is 5.26 Å². The summed E-state index contributed by atoms with van der Waals surface area (Å²) in [5.41, 5.74) is 1.75. The Bertz CT molecular complexity index is 488. The monoisotopic (exact) mass is 258 g/mol. The van der Waals surface area contributed by atoms with E-state index < -0.39 is 0 Å². The first kappa shape index (κ1) is 13.7. The van der Waals surface area contributed by atoms with Gasteiger partial charge in [0.2, 0.25) is 0 Å². The average Bonchev–Trinajstić information content (AvgIpc) is 2.41. The van der Waals surface area contributed by atoms with Gasteiger partial charge in [-0.25, -0.2) is 0 Å². The van der Waals surface area contributed by atoms with Crippen molar-refractivity contribution in [2.45, 2.75) is 45.6 Å². The molecule has 0 radical (unpaired) electrons. The Labute approximate surface area is 115 Å². The van der Waals surface area contributed by atoms with Gasteiger partial charge < -0.3 is 10.1 Å². The number of anilines is 1. The molecule has 0 amide bonds. The molecule has 19 heavy (non-hydrogen) atoms. The highest BCUT2D eigenvalue weighted by Gasteiger charge is 2.32. The largest absolute Gasteiger partial charge is 0.495 e. The summed E-state index contributed by atoms with van der Waals surface area (Å²) in [7, 11) is 1.65. The predicted molar refractivity (Wildman–Crippen MR) is 77.4 cm³/mol. The zero-order valence-electron chi connectivity index (χ0n) is 12.0. The first-order valence-corrected chi connectivity index (χ1v) is 6.92. The van der Waals surface area contributed by atoms with E-state index in [1.165, 1.54) is 19.3 Å². The third-order valence-corrected chi connectivity index (χ3v) is 4.19. The SMILES string of the molecule is COc1cccc(C#N)c1NC1CCCCC1(C)C. The number of methoxy groups -OCH3 is 1. The molecule has 102 valence electrons. The molecule has 0 spiro atoms. The molecule has 1 aliphatic rings. The van der Waals surface area contributed by atoms with E-state index >= 15 is 0 Å². The van der Waals surface area contributed by atoms with Crippen LogP contribution in [0.4, 0.5) is 5.69 Å². The molecular weight excluding hydrogens is 236 g/mol. The summed E-state index contributed by atoms with van der Waals surface area (Å²) in [6, 6.07) is 8.23. The van der Waals surface area contributed by atoms with Crippen molar-refractivity contribution < 1.29 is 4.74 Å². The highest BCUT2D eigenvalue weighted by molar-refractivity contribution is 5.66. The quantitative estimate of drug-likeness (QED) is 0.893. The number of rotatable bonds is 3. The maximum atomic E-state index is 9.25. The van der Waals surface area contributed by atoms with Gasteiger partial charge in [0, 0.05) is 6.04 Å². The summed E-state index contributed by atoms with van der Waals surface area (Å²) in [5, 5.41) is 12.8. The minimum absolute atomic E-state index is 0.256. The smallest absolute Gasteiger partial charge is 0.143 e. The normalized spacial score (nSPS) is 21.5. The topological polar surface area (TPSA) is 45.0 Å². The highest BCUT2D eigenvalue weighted by Crippen LogP contribution is 2.39. The molecule has 1 fully saturated rings. The number of benzene rings is 1. The van der Waals surface area contributed by atoms with Crippen LogP contribution in [0.5, 0.6) is 5.75 Å². The van der Waals surface area contributed by atoms with Gasteiger partial charge in [0.05, 0.1) is 18.4 Å². The van der Waals surface area contributed by atoms with Crippen molar-refractivity contribution in [2.75, 3.05) is 12.4 Å². The van der Waals surface area contributed by atoms with Gasteiger partial charge in [-0.2, -0.15) is 5.26 Å². The van der Waals surface area contributed by atoms with Gasteiger partial charge in [0.1, 0.15) is 11.8 Å². The second-order valence-corrected chi connectivity index (χ2v) is 5.93. The van der Waals surface area contributed by atoms with Crippen molar-refractivity contribution in [1.82, 2.24) is 0 Å². The summed E-state index contributed by atoms with van der Waals surface area (Å²) in [5.74, 6) is 0.750. The zero-order chi connectivity index (χ0) is 13.9. The maximum Gasteiger partial charge on any atom is 0.143 e. The van der Waals surface area contributed by atoms with Crippen molar-refractivity contribution >= 4 is 5.69 Å². The summed E-state index contributed by atoms with van der Waals surface area (Å²) in [6.45, 7) is 4.59. The minimum atomic E-state index is 0.256. The average molecular weight is 258 g/mol. The number of nitriles is 1. The molecule has 0 saturated heterocycles. The molecule has 1 saturated carbocycles. The molecule has 1 atom stereocenters. The molecule has 0 bridgehead atoms. The van der Waals surface area contributed by atoms with Crippen LogP contribution < -0.4 is 10.1 Å². The van der Waals surface area contributed by atoms with E-state index in [4.69, 9.17) is 4.74 Å². The first-order valence-electron chi connectivity index (χ1n) is 6.92. The lowest BCUT2D eigenvalue weighted by molar-refractivity contribution is 0.216. The second-order valence-electron chi connectivity index (χ2n) is 5.93. The number of hydrogen-bond donors (Lipinski definition) is 1. The molecule has 1 N–H and O–H groups in total. The number of ether oxygens (including phenoxy) is 1. The van der Waals surface area contributed by atoms with E-state index in [1.54, 1.807) is 7.11 Å². The summed E-state index contributed by atoms with van der Waals surface area (Å²) < 4.78 is 5.38. The van der Waals surface area contributed by atoms with Crippen LogP contribution in [0.1, 0.15) is 45.1 Å². The zero-order valence-corrected chi connectivity index (χ0v) is 12.0. The summed E-state index contributed by atoms with van der Waals surface area (Å²) in [4.78, 5) is 0. The van der Waals surface area contributed by atoms with Crippen molar-refractivity contribution in [3.05, 3.63) is 23.8 Å². The molecule has 0 heterocycles. The van der Waals surface area contributed by atoms with E-state index in [2.05, 4.69) is 25.2 Å². The first-order chi connectivity index (χ1) is 9.08. The van der Waals surface area contributed by atoms with Crippen molar-refractivity contribution in [2.24, 2.45) is 5.41 Å². The van der Waals surface area contributed by atoms with E-state index in [0.29, 0.717) is 11.6 Å². The lowest BCUT2D eigenvalue weighted by Crippen LogP contribution is -2.39. The van der Waals surface area contributed by atoms with Crippen molar-refractivity contribution in [1.29, 1.82) is 5.26 Å². The van der Waals surface area contributed by atoms with Gasteiger partial charge in [-0.15, -0.1) is 0 Å². The standard InChI is InChI=1S/C16H22N2O/c1-16(2)10-5-4-9-14(16)18-15-12(11-17)7-6-8-13(15)19-3/h6-8,14,18H,4-5,9-10H2,1-3H3. The van der Waals surface area contributed by atoms with Crippen LogP contribution in [0.15, 0.2) is 18.2 Å². The van der Waals surface area contributed by atoms with Crippen molar-refractivity contribution in [3.8, 4) is 11.8 Å². The fourth-order valence-corrected chi connectivity index (χ4v) is 2.88. The van der Waals surface area contributed by atoms with Gasteiger partial charge in [-0.1, -0.05) is 32.8 Å². The molecule has 3 heteroatoms. The molecule has 1 unspecified atom stereocenters. The van der Waals surface area contributed by atoms with Crippen molar-refractivity contribution in [3.63, 3.8) is 0 Å². The third-order valence-electron chi connectivity index (χ3n) is 4.19. The van der Waals surface area contributed by atoms with Crippen LogP contribution in [0.2, 0.25) is 0 Å². The van der Waals surface area contributed by atoms with Crippen LogP contribution in [0, 0.1) is 16.7 Å². The lowest BCUT2D eigenvalue weighted by atomic mass is 9.73. The predicted octanol–water partition coefficient (Wildman–Crippen LogP) is 3.95. The minimum Gasteiger partial charge on any atom is -0.495 e. The Morgan fingerprint density at radius 1 is 1.37 bits per heavy atom. The number of hydrogen-bond acceptors (Lipinski definition) is 3. The number of nitrogens with zero attached hydrogens (tertiary/aromatic N) is 1. The highest BCUT2D eigenvalue weighted by atomic mass is 16.5. The molecule has 2 rings (SSSR count). The van der Waals surface area contributed by atoms with Crippen LogP contribution in [0.3, 0.4) is 0 Å². The maximum absolute atomic E-state index is 9.25. The Hall–Kier alpha value is -1.69.